The number of halogens is 1. The van der Waals surface area contributed by atoms with Crippen LogP contribution in [-0.2, 0) is 16.6 Å². The largest absolute Gasteiger partial charge is 0.305 e. The molecule has 0 atom stereocenters. The fraction of sp³-hybridized carbons (Fsp3) is 0.120. The van der Waals surface area contributed by atoms with Crippen molar-refractivity contribution in [1.82, 2.24) is 4.57 Å². The maximum Gasteiger partial charge on any atom is 0.279 e. The Hall–Kier alpha value is -3.38. The van der Waals surface area contributed by atoms with E-state index in [1.807, 2.05) is 24.5 Å². The molecule has 6 nitrogen and oxygen atoms in total. The predicted octanol–water partition coefficient (Wildman–Crippen LogP) is 5.15. The number of sulfonamides is 1. The van der Waals surface area contributed by atoms with E-state index in [0.717, 1.165) is 21.3 Å². The van der Waals surface area contributed by atoms with Gasteiger partial charge in [-0.3, -0.25) is 9.52 Å². The Morgan fingerprint density at radius 1 is 1.15 bits per heavy atom. The van der Waals surface area contributed by atoms with Crippen LogP contribution in [0.4, 0.5) is 5.69 Å². The zero-order valence-electron chi connectivity index (χ0n) is 18.4. The van der Waals surface area contributed by atoms with Crippen molar-refractivity contribution in [2.45, 2.75) is 25.3 Å². The summed E-state index contributed by atoms with van der Waals surface area (Å²) in [5.41, 5.74) is 3.59. The van der Waals surface area contributed by atoms with Crippen LogP contribution in [0.25, 0.3) is 10.2 Å². The molecule has 4 aromatic rings. The molecule has 1 N–H and O–H groups in total. The van der Waals surface area contributed by atoms with Gasteiger partial charge >= 0.3 is 0 Å². The number of fused-ring (bicyclic) bond motifs is 1. The molecule has 1 amide bonds. The summed E-state index contributed by atoms with van der Waals surface area (Å²) < 4.78 is 30.7. The third kappa shape index (κ3) is 4.92. The fourth-order valence-electron chi connectivity index (χ4n) is 3.54. The van der Waals surface area contributed by atoms with E-state index in [0.29, 0.717) is 9.82 Å². The standard InChI is InChI=1S/C25H20ClN3O3S2/c1-4-12-29-22-14-16(2)13-17(3)23(22)33-25(29)27-24(30)18-6-5-7-20(15-18)28-34(31,32)21-10-8-19(26)9-11-21/h1,5-11,13-15,28H,12H2,2-3H3. The highest BCUT2D eigenvalue weighted by Gasteiger charge is 2.16. The van der Waals surface area contributed by atoms with Crippen molar-refractivity contribution < 1.29 is 13.2 Å². The average molecular weight is 510 g/mol. The number of carbonyl (C=O) groups is 1. The molecule has 0 aliphatic heterocycles. The van der Waals surface area contributed by atoms with Crippen molar-refractivity contribution in [1.29, 1.82) is 0 Å². The molecule has 0 saturated heterocycles. The molecule has 0 bridgehead atoms. The van der Waals surface area contributed by atoms with Crippen molar-refractivity contribution in [3.63, 3.8) is 0 Å². The van der Waals surface area contributed by atoms with Gasteiger partial charge in [-0.2, -0.15) is 4.99 Å². The Bertz CT molecular complexity index is 1630. The molecule has 0 aliphatic carbocycles. The van der Waals surface area contributed by atoms with Crippen LogP contribution < -0.4 is 9.52 Å². The maximum atomic E-state index is 13.0. The molecule has 4 rings (SSSR count). The molecular formula is C25H20ClN3O3S2. The number of nitrogens with zero attached hydrogens (tertiary/aromatic N) is 2. The minimum absolute atomic E-state index is 0.0598. The number of thiazole rings is 1. The number of hydrogen-bond donors (Lipinski definition) is 1. The van der Waals surface area contributed by atoms with E-state index < -0.39 is 15.9 Å². The third-order valence-electron chi connectivity index (χ3n) is 5.05. The van der Waals surface area contributed by atoms with E-state index in [9.17, 15) is 13.2 Å². The molecule has 172 valence electrons. The van der Waals surface area contributed by atoms with Gasteiger partial charge in [-0.15, -0.1) is 6.42 Å². The number of anilines is 1. The first-order chi connectivity index (χ1) is 16.2. The van der Waals surface area contributed by atoms with Crippen LogP contribution in [0.3, 0.4) is 0 Å². The minimum atomic E-state index is -3.85. The molecule has 3 aromatic carbocycles. The van der Waals surface area contributed by atoms with Gasteiger partial charge in [0.1, 0.15) is 0 Å². The molecule has 0 fully saturated rings. The summed E-state index contributed by atoms with van der Waals surface area (Å²) in [5.74, 6) is 2.12. The molecule has 0 aliphatic rings. The zero-order valence-corrected chi connectivity index (χ0v) is 20.8. The molecule has 1 aromatic heterocycles. The average Bonchev–Trinajstić information content (AvgIpc) is 3.11. The number of nitrogens with one attached hydrogen (secondary N) is 1. The lowest BCUT2D eigenvalue weighted by Gasteiger charge is -2.09. The lowest BCUT2D eigenvalue weighted by molar-refractivity contribution is 0.0998. The highest BCUT2D eigenvalue weighted by Crippen LogP contribution is 2.24. The number of carbonyl (C=O) groups excluding carboxylic acids is 1. The summed E-state index contributed by atoms with van der Waals surface area (Å²) >= 11 is 7.23. The molecular weight excluding hydrogens is 490 g/mol. The van der Waals surface area contributed by atoms with Crippen LogP contribution in [0.2, 0.25) is 5.02 Å². The normalized spacial score (nSPS) is 12.0. The molecule has 0 unspecified atom stereocenters. The van der Waals surface area contributed by atoms with Gasteiger partial charge in [0.25, 0.3) is 15.9 Å². The van der Waals surface area contributed by atoms with Gasteiger partial charge in [-0.25, -0.2) is 8.42 Å². The monoisotopic (exact) mass is 509 g/mol. The van der Waals surface area contributed by atoms with Crippen molar-refractivity contribution in [3.8, 4) is 12.3 Å². The van der Waals surface area contributed by atoms with Crippen molar-refractivity contribution in [3.05, 3.63) is 87.2 Å². The van der Waals surface area contributed by atoms with Crippen LogP contribution in [0, 0.1) is 26.2 Å². The van der Waals surface area contributed by atoms with Crippen molar-refractivity contribution >= 4 is 54.8 Å². The smallest absolute Gasteiger partial charge is 0.279 e. The van der Waals surface area contributed by atoms with Gasteiger partial charge < -0.3 is 4.57 Å². The van der Waals surface area contributed by atoms with Gasteiger partial charge in [0.2, 0.25) is 0 Å². The maximum absolute atomic E-state index is 13.0. The van der Waals surface area contributed by atoms with Crippen molar-refractivity contribution in [2.24, 2.45) is 4.99 Å². The van der Waals surface area contributed by atoms with E-state index in [1.165, 1.54) is 41.7 Å². The first-order valence-corrected chi connectivity index (χ1v) is 12.9. The SMILES string of the molecule is C#CCn1c(=NC(=O)c2cccc(NS(=O)(=O)c3ccc(Cl)cc3)c2)sc2c(C)cc(C)cc21. The second-order valence-corrected chi connectivity index (χ2v) is 10.8. The summed E-state index contributed by atoms with van der Waals surface area (Å²) in [6.07, 6.45) is 5.57. The summed E-state index contributed by atoms with van der Waals surface area (Å²) in [6, 6.07) is 16.1. The first kappa shape index (κ1) is 23.8. The number of hydrogen-bond acceptors (Lipinski definition) is 4. The van der Waals surface area contributed by atoms with Crippen LogP contribution >= 0.6 is 22.9 Å². The lowest BCUT2D eigenvalue weighted by atomic mass is 10.1. The molecule has 0 spiro atoms. The Morgan fingerprint density at radius 3 is 2.59 bits per heavy atom. The summed E-state index contributed by atoms with van der Waals surface area (Å²) in [4.78, 5) is 17.9. The predicted molar refractivity (Wildman–Crippen MR) is 137 cm³/mol. The summed E-state index contributed by atoms with van der Waals surface area (Å²) in [5, 5.41) is 0.432. The molecule has 9 heteroatoms. The zero-order chi connectivity index (χ0) is 24.5. The van der Waals surface area contributed by atoms with Crippen LogP contribution in [-0.4, -0.2) is 18.9 Å². The molecule has 0 radical (unpaired) electrons. The van der Waals surface area contributed by atoms with E-state index >= 15 is 0 Å². The van der Waals surface area contributed by atoms with E-state index in [2.05, 4.69) is 21.7 Å². The number of amides is 1. The van der Waals surface area contributed by atoms with Gasteiger partial charge in [0.15, 0.2) is 4.80 Å². The number of benzene rings is 3. The minimum Gasteiger partial charge on any atom is -0.305 e. The Morgan fingerprint density at radius 2 is 1.88 bits per heavy atom. The number of aromatic nitrogens is 1. The van der Waals surface area contributed by atoms with Gasteiger partial charge in [0.05, 0.1) is 21.7 Å². The topological polar surface area (TPSA) is 80.5 Å². The Balaban J connectivity index is 1.70. The first-order valence-electron chi connectivity index (χ1n) is 10.2. The number of rotatable bonds is 5. The highest BCUT2D eigenvalue weighted by molar-refractivity contribution is 7.92. The highest BCUT2D eigenvalue weighted by atomic mass is 35.5. The second-order valence-electron chi connectivity index (χ2n) is 7.66. The van der Waals surface area contributed by atoms with Crippen molar-refractivity contribution in [2.75, 3.05) is 4.72 Å². The summed E-state index contributed by atoms with van der Waals surface area (Å²) in [6.45, 7) is 4.28. The molecule has 1 heterocycles. The Kier molecular flexibility index (Phi) is 6.62. The number of terminal acetylenes is 1. The van der Waals surface area contributed by atoms with Gasteiger partial charge in [-0.05, 0) is 73.5 Å². The Labute approximate surface area is 206 Å². The molecule has 34 heavy (non-hydrogen) atoms. The number of aryl methyl sites for hydroxylation is 2. The fourth-order valence-corrected chi connectivity index (χ4v) is 5.79. The van der Waals surface area contributed by atoms with Crippen LogP contribution in [0.1, 0.15) is 21.5 Å². The molecule has 0 saturated carbocycles. The van der Waals surface area contributed by atoms with E-state index in [-0.39, 0.29) is 22.7 Å². The third-order valence-corrected chi connectivity index (χ3v) is 7.93. The summed E-state index contributed by atoms with van der Waals surface area (Å²) in [7, 11) is -3.85. The van der Waals surface area contributed by atoms with E-state index in [4.69, 9.17) is 18.0 Å². The van der Waals surface area contributed by atoms with Gasteiger partial charge in [0, 0.05) is 16.3 Å². The van der Waals surface area contributed by atoms with E-state index in [1.54, 1.807) is 18.2 Å². The second kappa shape index (κ2) is 9.47. The van der Waals surface area contributed by atoms with Crippen LogP contribution in [0.15, 0.2) is 70.6 Å². The lowest BCUT2D eigenvalue weighted by Crippen LogP contribution is -2.17. The quantitative estimate of drug-likeness (QED) is 0.378. The van der Waals surface area contributed by atoms with Crippen LogP contribution in [0.5, 0.6) is 0 Å². The van der Waals surface area contributed by atoms with Gasteiger partial charge in [-0.1, -0.05) is 41.0 Å².